The molecule has 0 saturated carbocycles. The van der Waals surface area contributed by atoms with E-state index in [0.717, 1.165) is 38.3 Å². The van der Waals surface area contributed by atoms with Gasteiger partial charge in [-0.3, -0.25) is 4.79 Å². The van der Waals surface area contributed by atoms with E-state index in [4.69, 9.17) is 10.5 Å². The van der Waals surface area contributed by atoms with Crippen LogP contribution in [-0.2, 0) is 4.79 Å². The van der Waals surface area contributed by atoms with Gasteiger partial charge in [0.2, 0.25) is 0 Å². The molecule has 1 heterocycles. The second-order valence-electron chi connectivity index (χ2n) is 5.80. The van der Waals surface area contributed by atoms with Crippen molar-refractivity contribution >= 4 is 38.3 Å². The Balaban J connectivity index is 1.68. The van der Waals surface area contributed by atoms with E-state index in [1.807, 2.05) is 51.1 Å². The van der Waals surface area contributed by atoms with E-state index >= 15 is 0 Å². The number of ether oxygens (including phenoxy) is 1. The molecule has 0 aliphatic rings. The number of hydrogen-bond donors (Lipinski definition) is 2. The van der Waals surface area contributed by atoms with Crippen molar-refractivity contribution in [3.8, 4) is 5.75 Å². The number of benzene rings is 2. The third-order valence-electron chi connectivity index (χ3n) is 3.68. The molecule has 3 aromatic rings. The number of nitrogens with zero attached hydrogens (tertiary/aromatic N) is 1. The van der Waals surface area contributed by atoms with Crippen molar-refractivity contribution < 1.29 is 9.53 Å². The number of aromatic nitrogens is 1. The number of rotatable bonds is 4. The van der Waals surface area contributed by atoms with E-state index in [1.165, 1.54) is 11.3 Å². The van der Waals surface area contributed by atoms with Crippen LogP contribution in [0.2, 0.25) is 0 Å². The van der Waals surface area contributed by atoms with Crippen LogP contribution in [0.4, 0.5) is 10.8 Å². The lowest BCUT2D eigenvalue weighted by Gasteiger charge is -2.10. The third kappa shape index (κ3) is 3.49. The Bertz CT molecular complexity index is 918. The van der Waals surface area contributed by atoms with Crippen molar-refractivity contribution in [2.75, 3.05) is 17.7 Å². The highest BCUT2D eigenvalue weighted by Gasteiger charge is 2.10. The lowest BCUT2D eigenvalue weighted by Crippen LogP contribution is -2.20. The van der Waals surface area contributed by atoms with Crippen molar-refractivity contribution in [2.45, 2.75) is 20.8 Å². The number of aryl methyl sites for hydroxylation is 3. The Morgan fingerprint density at radius 2 is 2.00 bits per heavy atom. The zero-order valence-corrected chi connectivity index (χ0v) is 14.7. The summed E-state index contributed by atoms with van der Waals surface area (Å²) in [5, 5.41) is 3.38. The lowest BCUT2D eigenvalue weighted by atomic mass is 10.1. The van der Waals surface area contributed by atoms with E-state index in [1.54, 1.807) is 0 Å². The smallest absolute Gasteiger partial charge is 0.262 e. The Hall–Kier alpha value is -2.60. The maximum Gasteiger partial charge on any atom is 0.262 e. The van der Waals surface area contributed by atoms with E-state index in [2.05, 4.69) is 10.3 Å². The number of carbonyl (C=O) groups is 1. The molecule has 0 spiro atoms. The molecule has 0 fully saturated rings. The molecule has 0 saturated heterocycles. The number of nitrogens with one attached hydrogen (secondary N) is 1. The van der Waals surface area contributed by atoms with E-state index < -0.39 is 0 Å². The minimum atomic E-state index is -0.203. The van der Waals surface area contributed by atoms with Crippen LogP contribution in [0.1, 0.15) is 16.7 Å². The highest BCUT2D eigenvalue weighted by Crippen LogP contribution is 2.29. The minimum Gasteiger partial charge on any atom is -0.483 e. The SMILES string of the molecule is Cc1ccc(OCC(=O)Nc2cc(C)c3nc(N)sc3c2)c(C)c1. The van der Waals surface area contributed by atoms with Crippen molar-refractivity contribution in [3.63, 3.8) is 0 Å². The molecule has 0 aliphatic carbocycles. The summed E-state index contributed by atoms with van der Waals surface area (Å²) in [4.78, 5) is 16.4. The fraction of sp³-hybridized carbons (Fsp3) is 0.222. The van der Waals surface area contributed by atoms with Crippen LogP contribution >= 0.6 is 11.3 Å². The van der Waals surface area contributed by atoms with Gasteiger partial charge in [-0.05, 0) is 50.1 Å². The van der Waals surface area contributed by atoms with Gasteiger partial charge in [0.25, 0.3) is 5.91 Å². The Labute approximate surface area is 144 Å². The lowest BCUT2D eigenvalue weighted by molar-refractivity contribution is -0.118. The number of carbonyl (C=O) groups excluding carboxylic acids is 1. The molecule has 24 heavy (non-hydrogen) atoms. The first-order valence-corrected chi connectivity index (χ1v) is 8.40. The zero-order valence-electron chi connectivity index (χ0n) is 13.8. The molecule has 0 radical (unpaired) electrons. The second kappa shape index (κ2) is 6.49. The van der Waals surface area contributed by atoms with Gasteiger partial charge in [-0.1, -0.05) is 29.0 Å². The molecule has 0 unspecified atom stereocenters. The monoisotopic (exact) mass is 341 g/mol. The van der Waals surface area contributed by atoms with Crippen LogP contribution in [-0.4, -0.2) is 17.5 Å². The molecule has 5 nitrogen and oxygen atoms in total. The first-order valence-electron chi connectivity index (χ1n) is 7.59. The second-order valence-corrected chi connectivity index (χ2v) is 6.86. The van der Waals surface area contributed by atoms with Gasteiger partial charge in [0.15, 0.2) is 11.7 Å². The predicted octanol–water partition coefficient (Wildman–Crippen LogP) is 3.82. The van der Waals surface area contributed by atoms with Crippen LogP contribution in [0.3, 0.4) is 0 Å². The van der Waals surface area contributed by atoms with Crippen molar-refractivity contribution in [3.05, 3.63) is 47.0 Å². The number of anilines is 2. The number of thiazole rings is 1. The molecule has 0 atom stereocenters. The topological polar surface area (TPSA) is 77.2 Å². The Morgan fingerprint density at radius 1 is 1.21 bits per heavy atom. The van der Waals surface area contributed by atoms with E-state index in [9.17, 15) is 4.79 Å². The van der Waals surface area contributed by atoms with Crippen LogP contribution in [0, 0.1) is 20.8 Å². The summed E-state index contributed by atoms with van der Waals surface area (Å²) in [7, 11) is 0. The first-order chi connectivity index (χ1) is 11.4. The summed E-state index contributed by atoms with van der Waals surface area (Å²) >= 11 is 1.41. The minimum absolute atomic E-state index is 0.0359. The number of nitrogen functional groups attached to an aromatic ring is 1. The number of fused-ring (bicyclic) bond motifs is 1. The Morgan fingerprint density at radius 3 is 2.75 bits per heavy atom. The summed E-state index contributed by atoms with van der Waals surface area (Å²) in [5.74, 6) is 0.517. The van der Waals surface area contributed by atoms with Gasteiger partial charge < -0.3 is 15.8 Å². The summed E-state index contributed by atoms with van der Waals surface area (Å²) < 4.78 is 6.56. The summed E-state index contributed by atoms with van der Waals surface area (Å²) in [5.41, 5.74) is 10.5. The maximum absolute atomic E-state index is 12.1. The van der Waals surface area contributed by atoms with Crippen LogP contribution in [0.25, 0.3) is 10.2 Å². The molecule has 2 aromatic carbocycles. The van der Waals surface area contributed by atoms with Gasteiger partial charge >= 0.3 is 0 Å². The van der Waals surface area contributed by atoms with Gasteiger partial charge in [-0.2, -0.15) is 0 Å². The quantitative estimate of drug-likeness (QED) is 0.756. The normalized spacial score (nSPS) is 10.8. The first kappa shape index (κ1) is 16.3. The van der Waals surface area contributed by atoms with Crippen LogP contribution in [0.5, 0.6) is 5.75 Å². The fourth-order valence-corrected chi connectivity index (χ4v) is 3.44. The largest absolute Gasteiger partial charge is 0.483 e. The molecule has 0 bridgehead atoms. The van der Waals surface area contributed by atoms with Crippen LogP contribution in [0.15, 0.2) is 30.3 Å². The summed E-state index contributed by atoms with van der Waals surface area (Å²) in [6.07, 6.45) is 0. The standard InChI is InChI=1S/C18H19N3O2S/c1-10-4-5-14(11(2)6-10)23-9-16(22)20-13-7-12(3)17-15(8-13)24-18(19)21-17/h4-8H,9H2,1-3H3,(H2,19,21)(H,20,22). The average molecular weight is 341 g/mol. The van der Waals surface area contributed by atoms with Crippen molar-refractivity contribution in [1.82, 2.24) is 4.98 Å². The average Bonchev–Trinajstić information content (AvgIpc) is 2.87. The molecular weight excluding hydrogens is 322 g/mol. The van der Waals surface area contributed by atoms with E-state index in [-0.39, 0.29) is 12.5 Å². The predicted molar refractivity (Wildman–Crippen MR) is 98.8 cm³/mol. The molecule has 1 aromatic heterocycles. The van der Waals surface area contributed by atoms with Gasteiger partial charge in [0.1, 0.15) is 5.75 Å². The van der Waals surface area contributed by atoms with Crippen molar-refractivity contribution in [2.24, 2.45) is 0 Å². The highest BCUT2D eigenvalue weighted by atomic mass is 32.1. The summed E-state index contributed by atoms with van der Waals surface area (Å²) in [6, 6.07) is 9.64. The van der Waals surface area contributed by atoms with Gasteiger partial charge in [-0.25, -0.2) is 4.98 Å². The highest BCUT2D eigenvalue weighted by molar-refractivity contribution is 7.22. The number of nitrogens with two attached hydrogens (primary N) is 1. The molecule has 6 heteroatoms. The third-order valence-corrected chi connectivity index (χ3v) is 4.51. The fourth-order valence-electron chi connectivity index (χ4n) is 2.59. The molecule has 0 aliphatic heterocycles. The Kier molecular flexibility index (Phi) is 4.40. The van der Waals surface area contributed by atoms with Crippen molar-refractivity contribution in [1.29, 1.82) is 0 Å². The van der Waals surface area contributed by atoms with Crippen LogP contribution < -0.4 is 15.8 Å². The molecule has 3 N–H and O–H groups in total. The number of amides is 1. The number of hydrogen-bond acceptors (Lipinski definition) is 5. The molecule has 1 amide bonds. The zero-order chi connectivity index (χ0) is 17.3. The van der Waals surface area contributed by atoms with E-state index in [0.29, 0.717) is 5.13 Å². The van der Waals surface area contributed by atoms with Gasteiger partial charge in [-0.15, -0.1) is 0 Å². The molecule has 124 valence electrons. The van der Waals surface area contributed by atoms with Gasteiger partial charge in [0, 0.05) is 5.69 Å². The van der Waals surface area contributed by atoms with Gasteiger partial charge in [0.05, 0.1) is 10.2 Å². The maximum atomic E-state index is 12.1. The molecular formula is C18H19N3O2S. The summed E-state index contributed by atoms with van der Waals surface area (Å²) in [6.45, 7) is 5.90. The molecule has 3 rings (SSSR count).